The number of hydrogen-bond donors (Lipinski definition) is 1. The van der Waals surface area contributed by atoms with Crippen molar-refractivity contribution >= 4 is 11.6 Å². The maximum atomic E-state index is 11.4. The van der Waals surface area contributed by atoms with Gasteiger partial charge in [-0.3, -0.25) is 4.79 Å². The number of fused-ring (bicyclic) bond motifs is 1. The van der Waals surface area contributed by atoms with E-state index in [4.69, 9.17) is 0 Å². The Morgan fingerprint density at radius 2 is 1.73 bits per heavy atom. The van der Waals surface area contributed by atoms with Gasteiger partial charge in [0.05, 0.1) is 0 Å². The average Bonchev–Trinajstić information content (AvgIpc) is 3.14. The van der Waals surface area contributed by atoms with Gasteiger partial charge >= 0.3 is 0 Å². The molecule has 2 aromatic rings. The lowest BCUT2D eigenvalue weighted by Crippen LogP contribution is -2.45. The molecule has 30 heavy (non-hydrogen) atoms. The Bertz CT molecular complexity index is 840. The number of nitrogens with zero attached hydrogens (tertiary/aromatic N) is 2. The molecule has 1 N–H and O–H groups in total. The van der Waals surface area contributed by atoms with E-state index in [2.05, 4.69) is 70.6 Å². The monoisotopic (exact) mass is 405 g/mol. The van der Waals surface area contributed by atoms with Gasteiger partial charge in [-0.2, -0.15) is 0 Å². The Labute approximate surface area is 181 Å². The number of likely N-dealkylation sites (tertiary alicyclic amines) is 1. The third-order valence-electron chi connectivity index (χ3n) is 6.80. The van der Waals surface area contributed by atoms with Crippen LogP contribution < -0.4 is 10.2 Å². The molecular formula is C26H35N3O. The molecule has 1 saturated heterocycles. The highest BCUT2D eigenvalue weighted by Gasteiger charge is 2.32. The number of carbonyl (C=O) groups excluding carboxylic acids is 1. The van der Waals surface area contributed by atoms with Crippen LogP contribution >= 0.6 is 0 Å². The van der Waals surface area contributed by atoms with E-state index in [-0.39, 0.29) is 5.91 Å². The van der Waals surface area contributed by atoms with Gasteiger partial charge < -0.3 is 15.1 Å². The number of carbonyl (C=O) groups is 1. The van der Waals surface area contributed by atoms with Crippen molar-refractivity contribution in [2.75, 3.05) is 31.1 Å². The number of para-hydroxylation sites is 1. The summed E-state index contributed by atoms with van der Waals surface area (Å²) >= 11 is 0. The normalized spacial score (nSPS) is 19.7. The molecular weight excluding hydrogens is 370 g/mol. The minimum Gasteiger partial charge on any atom is -0.368 e. The summed E-state index contributed by atoms with van der Waals surface area (Å²) in [6, 6.07) is 18.4. The second kappa shape index (κ2) is 9.65. The van der Waals surface area contributed by atoms with E-state index in [1.54, 1.807) is 0 Å². The predicted octanol–water partition coefficient (Wildman–Crippen LogP) is 4.34. The summed E-state index contributed by atoms with van der Waals surface area (Å²) in [5, 5.41) is 2.94. The van der Waals surface area contributed by atoms with Gasteiger partial charge in [0.25, 0.3) is 0 Å². The summed E-state index contributed by atoms with van der Waals surface area (Å²) in [7, 11) is 0. The first kappa shape index (κ1) is 20.9. The molecule has 4 nitrogen and oxygen atoms in total. The first-order valence-electron chi connectivity index (χ1n) is 11.6. The zero-order valence-electron chi connectivity index (χ0n) is 18.4. The third-order valence-corrected chi connectivity index (χ3v) is 6.80. The maximum Gasteiger partial charge on any atom is 0.219 e. The molecule has 160 valence electrons. The van der Waals surface area contributed by atoms with E-state index in [0.29, 0.717) is 24.9 Å². The lowest BCUT2D eigenvalue weighted by molar-refractivity contribution is -0.120. The molecule has 4 heteroatoms. The van der Waals surface area contributed by atoms with Crippen molar-refractivity contribution < 1.29 is 4.79 Å². The fraction of sp³-hybridized carbons (Fsp3) is 0.500. The van der Waals surface area contributed by atoms with Crippen molar-refractivity contribution in [3.05, 3.63) is 65.2 Å². The van der Waals surface area contributed by atoms with Crippen LogP contribution in [0.1, 0.15) is 55.7 Å². The standard InChI is InChI=1S/C26H35N3O/c1-3-26(30)27-18-22-10-8-21(9-11-22)12-15-28-16-13-23(14-17-28)29-19-20(2)24-6-4-5-7-25(24)29/h4-11,20,23H,3,12-19H2,1-2H3,(H,27,30). The lowest BCUT2D eigenvalue weighted by atomic mass is 10.0. The maximum absolute atomic E-state index is 11.4. The number of hydrogen-bond acceptors (Lipinski definition) is 3. The van der Waals surface area contributed by atoms with Crippen molar-refractivity contribution in [2.24, 2.45) is 0 Å². The lowest BCUT2D eigenvalue weighted by Gasteiger charge is -2.38. The molecule has 0 aliphatic carbocycles. The van der Waals surface area contributed by atoms with Gasteiger partial charge in [0.1, 0.15) is 0 Å². The Morgan fingerprint density at radius 1 is 1.03 bits per heavy atom. The van der Waals surface area contributed by atoms with E-state index in [9.17, 15) is 4.79 Å². The summed E-state index contributed by atoms with van der Waals surface area (Å²) in [6.45, 7) is 9.56. The number of benzene rings is 2. The highest BCUT2D eigenvalue weighted by atomic mass is 16.1. The molecule has 0 radical (unpaired) electrons. The van der Waals surface area contributed by atoms with Crippen molar-refractivity contribution in [3.63, 3.8) is 0 Å². The first-order valence-corrected chi connectivity index (χ1v) is 11.6. The summed E-state index contributed by atoms with van der Waals surface area (Å²) in [4.78, 5) is 16.7. The molecule has 0 spiro atoms. The van der Waals surface area contributed by atoms with Crippen LogP contribution in [0.25, 0.3) is 0 Å². The number of piperidine rings is 1. The first-order chi connectivity index (χ1) is 14.6. The topological polar surface area (TPSA) is 35.6 Å². The highest BCUT2D eigenvalue weighted by molar-refractivity contribution is 5.75. The quantitative estimate of drug-likeness (QED) is 0.744. The van der Waals surface area contributed by atoms with Crippen molar-refractivity contribution in [1.82, 2.24) is 10.2 Å². The van der Waals surface area contributed by atoms with E-state index < -0.39 is 0 Å². The van der Waals surface area contributed by atoms with Gasteiger partial charge in [-0.25, -0.2) is 0 Å². The zero-order valence-corrected chi connectivity index (χ0v) is 18.4. The summed E-state index contributed by atoms with van der Waals surface area (Å²) in [5.74, 6) is 0.756. The Hall–Kier alpha value is -2.33. The second-order valence-electron chi connectivity index (χ2n) is 8.88. The van der Waals surface area contributed by atoms with Crippen LogP contribution in [0.2, 0.25) is 0 Å². The Morgan fingerprint density at radius 3 is 2.47 bits per heavy atom. The highest BCUT2D eigenvalue weighted by Crippen LogP contribution is 2.38. The second-order valence-corrected chi connectivity index (χ2v) is 8.88. The largest absolute Gasteiger partial charge is 0.368 e. The molecule has 0 saturated carbocycles. The number of rotatable bonds is 7. The summed E-state index contributed by atoms with van der Waals surface area (Å²) in [5.41, 5.74) is 5.54. The van der Waals surface area contributed by atoms with Crippen molar-refractivity contribution in [3.8, 4) is 0 Å². The van der Waals surface area contributed by atoms with Crippen molar-refractivity contribution in [2.45, 2.75) is 58.0 Å². The van der Waals surface area contributed by atoms with Crippen LogP contribution in [0.5, 0.6) is 0 Å². The summed E-state index contributed by atoms with van der Waals surface area (Å²) in [6.07, 6.45) is 4.15. The van der Waals surface area contributed by atoms with Gasteiger partial charge in [0.2, 0.25) is 5.91 Å². The minimum absolute atomic E-state index is 0.106. The van der Waals surface area contributed by atoms with Gasteiger partial charge in [-0.1, -0.05) is 56.3 Å². The van der Waals surface area contributed by atoms with Crippen LogP contribution in [0, 0.1) is 0 Å². The molecule has 2 aliphatic heterocycles. The molecule has 0 aromatic heterocycles. The smallest absolute Gasteiger partial charge is 0.219 e. The SMILES string of the molecule is CCC(=O)NCc1ccc(CCN2CCC(N3CC(C)c4ccccc43)CC2)cc1. The molecule has 1 amide bonds. The third kappa shape index (κ3) is 4.86. The van der Waals surface area contributed by atoms with E-state index >= 15 is 0 Å². The number of amides is 1. The molecule has 4 rings (SSSR count). The van der Waals surface area contributed by atoms with Gasteiger partial charge in [0.15, 0.2) is 0 Å². The van der Waals surface area contributed by atoms with Gasteiger partial charge in [0, 0.05) is 56.8 Å². The van der Waals surface area contributed by atoms with Crippen LogP contribution in [-0.4, -0.2) is 43.0 Å². The predicted molar refractivity (Wildman–Crippen MR) is 124 cm³/mol. The molecule has 1 fully saturated rings. The molecule has 1 atom stereocenters. The molecule has 2 aromatic carbocycles. The van der Waals surface area contributed by atoms with Gasteiger partial charge in [-0.05, 0) is 42.0 Å². The van der Waals surface area contributed by atoms with Gasteiger partial charge in [-0.15, -0.1) is 0 Å². The average molecular weight is 406 g/mol. The van der Waals surface area contributed by atoms with Crippen molar-refractivity contribution in [1.29, 1.82) is 0 Å². The number of anilines is 1. The fourth-order valence-electron chi connectivity index (χ4n) is 4.89. The van der Waals surface area contributed by atoms with Crippen LogP contribution in [-0.2, 0) is 17.8 Å². The molecule has 1 unspecified atom stereocenters. The van der Waals surface area contributed by atoms with E-state index in [1.165, 1.54) is 54.9 Å². The number of nitrogens with one attached hydrogen (secondary N) is 1. The molecule has 2 aliphatic rings. The van der Waals surface area contributed by atoms with Crippen LogP contribution in [0.15, 0.2) is 48.5 Å². The van der Waals surface area contributed by atoms with Crippen LogP contribution in [0.4, 0.5) is 5.69 Å². The zero-order chi connectivity index (χ0) is 20.9. The fourth-order valence-corrected chi connectivity index (χ4v) is 4.89. The Balaban J connectivity index is 1.23. The van der Waals surface area contributed by atoms with E-state index in [0.717, 1.165) is 13.0 Å². The minimum atomic E-state index is 0.106. The Kier molecular flexibility index (Phi) is 6.73. The van der Waals surface area contributed by atoms with Crippen LogP contribution in [0.3, 0.4) is 0 Å². The van der Waals surface area contributed by atoms with E-state index in [1.807, 2.05) is 6.92 Å². The molecule has 2 heterocycles. The summed E-state index contributed by atoms with van der Waals surface area (Å²) < 4.78 is 0. The molecule has 0 bridgehead atoms.